The summed E-state index contributed by atoms with van der Waals surface area (Å²) in [4.78, 5) is 23.4. The fourth-order valence-corrected chi connectivity index (χ4v) is 2.04. The molecule has 0 bridgehead atoms. The van der Waals surface area contributed by atoms with Crippen molar-refractivity contribution in [1.82, 2.24) is 0 Å². The zero-order chi connectivity index (χ0) is 16.8. The van der Waals surface area contributed by atoms with E-state index in [9.17, 15) is 9.59 Å². The lowest BCUT2D eigenvalue weighted by molar-refractivity contribution is -0.118. The molecule has 2 aromatic carbocycles. The van der Waals surface area contributed by atoms with Crippen LogP contribution in [0.25, 0.3) is 0 Å². The van der Waals surface area contributed by atoms with E-state index >= 15 is 0 Å². The van der Waals surface area contributed by atoms with Crippen LogP contribution in [-0.2, 0) is 4.79 Å². The maximum absolute atomic E-state index is 11.9. The molecule has 6 heteroatoms. The number of ether oxygens (including phenoxy) is 1. The highest BCUT2D eigenvalue weighted by atomic mass is 35.5. The summed E-state index contributed by atoms with van der Waals surface area (Å²) in [6, 6.07) is 13.1. The predicted molar refractivity (Wildman–Crippen MR) is 86.7 cm³/mol. The number of hydrogen-bond donors (Lipinski definition) is 1. The van der Waals surface area contributed by atoms with Crippen molar-refractivity contribution in [3.05, 3.63) is 58.6 Å². The van der Waals surface area contributed by atoms with Crippen LogP contribution in [0.1, 0.15) is 22.8 Å². The molecule has 116 valence electrons. The number of nitriles is 1. The number of carbonyl (C=O) groups is 2. The van der Waals surface area contributed by atoms with Gasteiger partial charge in [0.05, 0.1) is 17.2 Å². The molecule has 5 nitrogen and oxygen atoms in total. The quantitative estimate of drug-likeness (QED) is 0.853. The third-order valence-corrected chi connectivity index (χ3v) is 3.21. The number of nitrogens with zero attached hydrogens (tertiary/aromatic N) is 1. The molecule has 2 aromatic rings. The van der Waals surface area contributed by atoms with Gasteiger partial charge in [-0.05, 0) is 49.4 Å². The Balaban J connectivity index is 1.99. The molecule has 0 atom stereocenters. The van der Waals surface area contributed by atoms with Gasteiger partial charge in [0.2, 0.25) is 0 Å². The number of benzene rings is 2. The van der Waals surface area contributed by atoms with Gasteiger partial charge in [-0.1, -0.05) is 11.6 Å². The first kappa shape index (κ1) is 16.5. The van der Waals surface area contributed by atoms with E-state index in [1.54, 1.807) is 36.4 Å². The number of Topliss-reactive ketones (excluding diaryl/α,β-unsaturated/α-hetero) is 1. The number of amides is 1. The van der Waals surface area contributed by atoms with E-state index in [4.69, 9.17) is 21.6 Å². The maximum atomic E-state index is 11.9. The largest absolute Gasteiger partial charge is 0.483 e. The summed E-state index contributed by atoms with van der Waals surface area (Å²) in [6.07, 6.45) is 0. The van der Waals surface area contributed by atoms with Gasteiger partial charge < -0.3 is 10.1 Å². The zero-order valence-corrected chi connectivity index (χ0v) is 13.1. The normalized spacial score (nSPS) is 9.78. The molecule has 0 radical (unpaired) electrons. The highest BCUT2D eigenvalue weighted by molar-refractivity contribution is 6.31. The molecule has 0 aliphatic rings. The van der Waals surface area contributed by atoms with Gasteiger partial charge >= 0.3 is 0 Å². The van der Waals surface area contributed by atoms with E-state index in [-0.39, 0.29) is 18.3 Å². The third kappa shape index (κ3) is 4.56. The highest BCUT2D eigenvalue weighted by Gasteiger charge is 2.11. The fourth-order valence-electron chi connectivity index (χ4n) is 1.87. The van der Waals surface area contributed by atoms with Gasteiger partial charge in [0.15, 0.2) is 12.4 Å². The van der Waals surface area contributed by atoms with Crippen LogP contribution in [0.5, 0.6) is 5.75 Å². The molecule has 0 aliphatic carbocycles. The van der Waals surface area contributed by atoms with E-state index in [2.05, 4.69) is 5.32 Å². The Kier molecular flexibility index (Phi) is 5.34. The van der Waals surface area contributed by atoms with Crippen molar-refractivity contribution < 1.29 is 14.3 Å². The average molecular weight is 329 g/mol. The van der Waals surface area contributed by atoms with Gasteiger partial charge in [-0.25, -0.2) is 0 Å². The molecule has 0 fully saturated rings. The highest BCUT2D eigenvalue weighted by Crippen LogP contribution is 2.23. The van der Waals surface area contributed by atoms with E-state index in [0.717, 1.165) is 0 Å². The molecular weight excluding hydrogens is 316 g/mol. The minimum absolute atomic E-state index is 0.199. The van der Waals surface area contributed by atoms with E-state index in [0.29, 0.717) is 27.6 Å². The first-order valence-electron chi connectivity index (χ1n) is 6.73. The number of ketones is 1. The second-order valence-corrected chi connectivity index (χ2v) is 5.16. The SMILES string of the molecule is CC(=O)c1cc(Cl)ccc1OCC(=O)Nc1ccc(C#N)cc1. The molecule has 0 heterocycles. The lowest BCUT2D eigenvalue weighted by Gasteiger charge is -2.10. The van der Waals surface area contributed by atoms with Crippen molar-refractivity contribution in [1.29, 1.82) is 5.26 Å². The number of halogens is 1. The molecular formula is C17H13ClN2O3. The van der Waals surface area contributed by atoms with Crippen molar-refractivity contribution in [2.45, 2.75) is 6.92 Å². The molecule has 0 unspecified atom stereocenters. The Morgan fingerprint density at radius 3 is 2.52 bits per heavy atom. The van der Waals surface area contributed by atoms with Crippen molar-refractivity contribution in [3.8, 4) is 11.8 Å². The minimum Gasteiger partial charge on any atom is -0.483 e. The van der Waals surface area contributed by atoms with Crippen LogP contribution in [0.15, 0.2) is 42.5 Å². The van der Waals surface area contributed by atoms with Crippen LogP contribution in [0.3, 0.4) is 0 Å². The molecule has 2 rings (SSSR count). The van der Waals surface area contributed by atoms with Gasteiger partial charge in [-0.3, -0.25) is 9.59 Å². The predicted octanol–water partition coefficient (Wildman–Crippen LogP) is 3.43. The maximum Gasteiger partial charge on any atom is 0.262 e. The molecule has 1 N–H and O–H groups in total. The number of hydrogen-bond acceptors (Lipinski definition) is 4. The van der Waals surface area contributed by atoms with Crippen LogP contribution in [-0.4, -0.2) is 18.3 Å². The summed E-state index contributed by atoms with van der Waals surface area (Å²) in [5.41, 5.74) is 1.38. The monoisotopic (exact) mass is 328 g/mol. The molecule has 23 heavy (non-hydrogen) atoms. The Bertz CT molecular complexity index is 779. The van der Waals surface area contributed by atoms with Gasteiger partial charge in [0.1, 0.15) is 5.75 Å². The number of nitrogens with one attached hydrogen (secondary N) is 1. The summed E-state index contributed by atoms with van der Waals surface area (Å²) >= 11 is 5.85. The Morgan fingerprint density at radius 2 is 1.91 bits per heavy atom. The van der Waals surface area contributed by atoms with Crippen LogP contribution in [0.2, 0.25) is 5.02 Å². The van der Waals surface area contributed by atoms with Gasteiger partial charge in [0.25, 0.3) is 5.91 Å². The number of carbonyl (C=O) groups excluding carboxylic acids is 2. The Morgan fingerprint density at radius 1 is 1.22 bits per heavy atom. The summed E-state index contributed by atoms with van der Waals surface area (Å²) < 4.78 is 5.39. The smallest absolute Gasteiger partial charge is 0.262 e. The lowest BCUT2D eigenvalue weighted by Crippen LogP contribution is -2.20. The van der Waals surface area contributed by atoms with Gasteiger partial charge in [-0.15, -0.1) is 0 Å². The van der Waals surface area contributed by atoms with Crippen LogP contribution in [0, 0.1) is 11.3 Å². The Labute approximate surface area is 138 Å². The molecule has 0 saturated heterocycles. The molecule has 0 aliphatic heterocycles. The van der Waals surface area contributed by atoms with Crippen molar-refractivity contribution in [3.63, 3.8) is 0 Å². The first-order valence-corrected chi connectivity index (χ1v) is 7.10. The van der Waals surface area contributed by atoms with Crippen molar-refractivity contribution in [2.24, 2.45) is 0 Å². The first-order chi connectivity index (χ1) is 11.0. The minimum atomic E-state index is -0.376. The number of rotatable bonds is 5. The lowest BCUT2D eigenvalue weighted by atomic mass is 10.1. The topological polar surface area (TPSA) is 79.2 Å². The molecule has 0 aromatic heterocycles. The average Bonchev–Trinajstić information content (AvgIpc) is 2.54. The second kappa shape index (κ2) is 7.43. The summed E-state index contributed by atoms with van der Waals surface area (Å²) in [7, 11) is 0. The standard InChI is InChI=1S/C17H13ClN2O3/c1-11(21)15-8-13(18)4-7-16(15)23-10-17(22)20-14-5-2-12(9-19)3-6-14/h2-8H,10H2,1H3,(H,20,22). The molecule has 1 amide bonds. The van der Waals surface area contributed by atoms with E-state index in [1.165, 1.54) is 13.0 Å². The van der Waals surface area contributed by atoms with Gasteiger partial charge in [-0.2, -0.15) is 5.26 Å². The second-order valence-electron chi connectivity index (χ2n) is 4.72. The van der Waals surface area contributed by atoms with Crippen LogP contribution >= 0.6 is 11.6 Å². The summed E-state index contributed by atoms with van der Waals surface area (Å²) in [5.74, 6) is -0.272. The fraction of sp³-hybridized carbons (Fsp3) is 0.118. The van der Waals surface area contributed by atoms with Gasteiger partial charge in [0, 0.05) is 10.7 Å². The van der Waals surface area contributed by atoms with E-state index in [1.807, 2.05) is 6.07 Å². The van der Waals surface area contributed by atoms with Crippen molar-refractivity contribution >= 4 is 29.0 Å². The zero-order valence-electron chi connectivity index (χ0n) is 12.3. The molecule has 0 saturated carbocycles. The van der Waals surface area contributed by atoms with Crippen molar-refractivity contribution in [2.75, 3.05) is 11.9 Å². The number of anilines is 1. The van der Waals surface area contributed by atoms with Crippen LogP contribution in [0.4, 0.5) is 5.69 Å². The summed E-state index contributed by atoms with van der Waals surface area (Å²) in [6.45, 7) is 1.15. The van der Waals surface area contributed by atoms with E-state index < -0.39 is 0 Å². The molecule has 0 spiro atoms. The third-order valence-electron chi connectivity index (χ3n) is 2.98. The summed E-state index contributed by atoms with van der Waals surface area (Å²) in [5, 5.41) is 11.8. The Hall–Kier alpha value is -2.84. The van der Waals surface area contributed by atoms with Crippen LogP contribution < -0.4 is 10.1 Å².